The molecule has 6 heteroatoms. The summed E-state index contributed by atoms with van der Waals surface area (Å²) in [6.07, 6.45) is 0.846. The van der Waals surface area contributed by atoms with Gasteiger partial charge in [-0.3, -0.25) is 4.90 Å². The number of nitrogens with two attached hydrogens (primary N) is 1. The summed E-state index contributed by atoms with van der Waals surface area (Å²) in [7, 11) is 1.97. The topological polar surface area (TPSA) is 68.2 Å². The van der Waals surface area contributed by atoms with Crippen LogP contribution in [0.5, 0.6) is 0 Å². The Kier molecular flexibility index (Phi) is 4.59. The molecule has 0 aliphatic heterocycles. The van der Waals surface area contributed by atoms with Crippen molar-refractivity contribution in [3.63, 3.8) is 0 Å². The Morgan fingerprint density at radius 2 is 2.05 bits per heavy atom. The lowest BCUT2D eigenvalue weighted by atomic mass is 10.1. The molecule has 2 N–H and O–H groups in total. The Hall–Kier alpha value is -1.79. The zero-order chi connectivity index (χ0) is 13.7. The summed E-state index contributed by atoms with van der Waals surface area (Å²) in [4.78, 5) is 6.22. The number of rotatable bonds is 6. The summed E-state index contributed by atoms with van der Waals surface area (Å²) in [6.45, 7) is 1.69. The van der Waals surface area contributed by atoms with Gasteiger partial charge in [0.1, 0.15) is 5.82 Å². The summed E-state index contributed by atoms with van der Waals surface area (Å²) in [5.74, 6) is 0.863. The third-order valence-corrected chi connectivity index (χ3v) is 2.79. The zero-order valence-electron chi connectivity index (χ0n) is 10.8. The second-order valence-corrected chi connectivity index (χ2v) is 4.42. The molecule has 0 atom stereocenters. The normalized spacial score (nSPS) is 11.2. The van der Waals surface area contributed by atoms with Crippen LogP contribution in [-0.4, -0.2) is 28.6 Å². The van der Waals surface area contributed by atoms with E-state index in [0.29, 0.717) is 18.3 Å². The molecule has 2 rings (SSSR count). The highest BCUT2D eigenvalue weighted by Crippen LogP contribution is 2.05. The number of hydrogen-bond acceptors (Lipinski definition) is 5. The molecule has 0 bridgehead atoms. The predicted octanol–water partition coefficient (Wildman–Crippen LogP) is 1.34. The van der Waals surface area contributed by atoms with Crippen LogP contribution in [0.4, 0.5) is 4.39 Å². The van der Waals surface area contributed by atoms with Gasteiger partial charge in [0, 0.05) is 6.54 Å². The van der Waals surface area contributed by atoms with Crippen molar-refractivity contribution in [2.24, 2.45) is 5.73 Å². The second-order valence-electron chi connectivity index (χ2n) is 4.42. The number of likely N-dealkylation sites (N-methyl/N-ethyl adjacent to an activating group) is 1. The average molecular weight is 264 g/mol. The van der Waals surface area contributed by atoms with Crippen LogP contribution in [0.2, 0.25) is 0 Å². The monoisotopic (exact) mass is 264 g/mol. The molecule has 102 valence electrons. The number of nitrogens with zero attached hydrogens (tertiary/aromatic N) is 3. The Labute approximate surface area is 111 Å². The summed E-state index contributed by atoms with van der Waals surface area (Å²) in [5.41, 5.74) is 6.50. The van der Waals surface area contributed by atoms with Crippen LogP contribution in [-0.2, 0) is 19.5 Å². The highest BCUT2D eigenvalue weighted by atomic mass is 19.1. The summed E-state index contributed by atoms with van der Waals surface area (Å²) in [5, 5.41) is 3.84. The first kappa shape index (κ1) is 13.6. The Balaban J connectivity index is 1.81. The standard InChI is InChI=1S/C13H17FN4O/c1-18(9-12-16-13(8-15)19-17-12)7-6-10-2-4-11(14)5-3-10/h2-5H,6-9,15H2,1H3. The number of benzene rings is 1. The van der Waals surface area contributed by atoms with Crippen molar-refractivity contribution in [3.05, 3.63) is 47.4 Å². The number of halogens is 1. The smallest absolute Gasteiger partial charge is 0.240 e. The van der Waals surface area contributed by atoms with Crippen molar-refractivity contribution in [1.29, 1.82) is 0 Å². The van der Waals surface area contributed by atoms with E-state index in [1.165, 1.54) is 12.1 Å². The fourth-order valence-electron chi connectivity index (χ4n) is 1.73. The van der Waals surface area contributed by atoms with E-state index in [2.05, 4.69) is 15.0 Å². The first-order valence-corrected chi connectivity index (χ1v) is 6.12. The van der Waals surface area contributed by atoms with E-state index in [-0.39, 0.29) is 12.4 Å². The van der Waals surface area contributed by atoms with Gasteiger partial charge in [-0.15, -0.1) is 0 Å². The van der Waals surface area contributed by atoms with Gasteiger partial charge in [-0.2, -0.15) is 4.98 Å². The van der Waals surface area contributed by atoms with E-state index in [0.717, 1.165) is 18.5 Å². The van der Waals surface area contributed by atoms with E-state index in [9.17, 15) is 4.39 Å². The van der Waals surface area contributed by atoms with Crippen LogP contribution >= 0.6 is 0 Å². The van der Waals surface area contributed by atoms with Gasteiger partial charge in [-0.25, -0.2) is 4.39 Å². The fourth-order valence-corrected chi connectivity index (χ4v) is 1.73. The molecule has 5 nitrogen and oxygen atoms in total. The zero-order valence-corrected chi connectivity index (χ0v) is 10.8. The van der Waals surface area contributed by atoms with Crippen molar-refractivity contribution < 1.29 is 8.91 Å². The van der Waals surface area contributed by atoms with Crippen molar-refractivity contribution in [2.75, 3.05) is 13.6 Å². The molecule has 0 aliphatic carbocycles. The van der Waals surface area contributed by atoms with Crippen LogP contribution in [0.1, 0.15) is 17.3 Å². The molecule has 0 fully saturated rings. The number of aromatic nitrogens is 2. The third-order valence-electron chi connectivity index (χ3n) is 2.79. The van der Waals surface area contributed by atoms with E-state index in [1.54, 1.807) is 12.1 Å². The van der Waals surface area contributed by atoms with Gasteiger partial charge in [0.25, 0.3) is 0 Å². The molecule has 1 aromatic heterocycles. The van der Waals surface area contributed by atoms with Gasteiger partial charge in [0.15, 0.2) is 5.82 Å². The third kappa shape index (κ3) is 4.11. The Bertz CT molecular complexity index is 512. The molecule has 0 saturated heterocycles. The van der Waals surface area contributed by atoms with Gasteiger partial charge >= 0.3 is 0 Å². The maximum atomic E-state index is 12.8. The lowest BCUT2D eigenvalue weighted by molar-refractivity contribution is 0.310. The van der Waals surface area contributed by atoms with Crippen LogP contribution < -0.4 is 5.73 Å². The molecule has 0 spiro atoms. The first-order chi connectivity index (χ1) is 9.17. The van der Waals surface area contributed by atoms with Crippen molar-refractivity contribution >= 4 is 0 Å². The quantitative estimate of drug-likeness (QED) is 0.852. The van der Waals surface area contributed by atoms with Crippen LogP contribution in [0.15, 0.2) is 28.8 Å². The Morgan fingerprint density at radius 1 is 1.32 bits per heavy atom. The van der Waals surface area contributed by atoms with E-state index >= 15 is 0 Å². The molecule has 0 unspecified atom stereocenters. The SMILES string of the molecule is CN(CCc1ccc(F)cc1)Cc1noc(CN)n1. The molecule has 0 radical (unpaired) electrons. The number of hydrogen-bond donors (Lipinski definition) is 1. The minimum Gasteiger partial charge on any atom is -0.338 e. The molecular formula is C13H17FN4O. The maximum Gasteiger partial charge on any atom is 0.240 e. The van der Waals surface area contributed by atoms with Gasteiger partial charge in [0.05, 0.1) is 13.1 Å². The van der Waals surface area contributed by atoms with E-state index in [4.69, 9.17) is 10.3 Å². The van der Waals surface area contributed by atoms with E-state index in [1.807, 2.05) is 7.05 Å². The lowest BCUT2D eigenvalue weighted by Gasteiger charge is -2.14. The van der Waals surface area contributed by atoms with Crippen molar-refractivity contribution in [2.45, 2.75) is 19.5 Å². The molecule has 1 heterocycles. The van der Waals surface area contributed by atoms with E-state index < -0.39 is 0 Å². The fraction of sp³-hybridized carbons (Fsp3) is 0.385. The highest BCUT2D eigenvalue weighted by Gasteiger charge is 2.07. The van der Waals surface area contributed by atoms with Gasteiger partial charge in [-0.1, -0.05) is 17.3 Å². The lowest BCUT2D eigenvalue weighted by Crippen LogP contribution is -2.21. The van der Waals surface area contributed by atoms with Crippen LogP contribution in [0, 0.1) is 5.82 Å². The van der Waals surface area contributed by atoms with Crippen molar-refractivity contribution in [3.8, 4) is 0 Å². The summed E-state index contributed by atoms with van der Waals surface area (Å²) in [6, 6.07) is 6.54. The molecule has 1 aromatic carbocycles. The van der Waals surface area contributed by atoms with Crippen LogP contribution in [0.3, 0.4) is 0 Å². The summed E-state index contributed by atoms with van der Waals surface area (Å²) < 4.78 is 17.7. The van der Waals surface area contributed by atoms with Gasteiger partial charge < -0.3 is 10.3 Å². The van der Waals surface area contributed by atoms with Gasteiger partial charge in [0.2, 0.25) is 5.89 Å². The predicted molar refractivity (Wildman–Crippen MR) is 68.6 cm³/mol. The molecule has 19 heavy (non-hydrogen) atoms. The molecule has 0 amide bonds. The Morgan fingerprint density at radius 3 is 2.68 bits per heavy atom. The first-order valence-electron chi connectivity index (χ1n) is 6.12. The van der Waals surface area contributed by atoms with Crippen molar-refractivity contribution in [1.82, 2.24) is 15.0 Å². The molecule has 2 aromatic rings. The largest absolute Gasteiger partial charge is 0.338 e. The second kappa shape index (κ2) is 6.40. The minimum absolute atomic E-state index is 0.210. The highest BCUT2D eigenvalue weighted by molar-refractivity contribution is 5.16. The molecular weight excluding hydrogens is 247 g/mol. The summed E-state index contributed by atoms with van der Waals surface area (Å²) >= 11 is 0. The average Bonchev–Trinajstić information content (AvgIpc) is 2.86. The van der Waals surface area contributed by atoms with Gasteiger partial charge in [-0.05, 0) is 31.2 Å². The molecule has 0 aliphatic rings. The maximum absolute atomic E-state index is 12.8. The van der Waals surface area contributed by atoms with Crippen LogP contribution in [0.25, 0.3) is 0 Å². The molecule has 0 saturated carbocycles. The minimum atomic E-state index is -0.210.